The van der Waals surface area contributed by atoms with E-state index in [1.54, 1.807) is 32.4 Å². The first-order chi connectivity index (χ1) is 16.5. The van der Waals surface area contributed by atoms with E-state index in [4.69, 9.17) is 9.15 Å². The normalized spacial score (nSPS) is 11.3. The van der Waals surface area contributed by atoms with Gasteiger partial charge in [-0.3, -0.25) is 9.59 Å². The van der Waals surface area contributed by atoms with Crippen LogP contribution in [0.25, 0.3) is 11.0 Å². The lowest BCUT2D eigenvalue weighted by Crippen LogP contribution is -2.20. The zero-order valence-electron chi connectivity index (χ0n) is 19.5. The van der Waals surface area contributed by atoms with Crippen LogP contribution in [0.4, 0.5) is 5.82 Å². The molecule has 0 unspecified atom stereocenters. The van der Waals surface area contributed by atoms with E-state index < -0.39 is 15.7 Å². The van der Waals surface area contributed by atoms with Crippen LogP contribution >= 0.6 is 0 Å². The van der Waals surface area contributed by atoms with Gasteiger partial charge in [-0.05, 0) is 55.0 Å². The molecule has 4 aromatic rings. The number of benzene rings is 2. The fraction of sp³-hybridized carbons (Fsp3) is 0.160. The van der Waals surface area contributed by atoms with Crippen molar-refractivity contribution < 1.29 is 27.2 Å². The summed E-state index contributed by atoms with van der Waals surface area (Å²) >= 11 is 0. The minimum absolute atomic E-state index is 0.0834. The predicted octanol–water partition coefficient (Wildman–Crippen LogP) is 4.29. The standard InChI is InChI=1S/C25H23N3O6S/c1-15-5-10-23(26-14-15)27-24(29)16-11-20(33-17-6-8-18(9-7-17)35(4,31)32)19-13-22(25(30)28(2)3)34-21(19)12-16/h5-14H,1-4H3,(H,26,27,29). The van der Waals surface area contributed by atoms with E-state index in [2.05, 4.69) is 10.3 Å². The lowest BCUT2D eigenvalue weighted by Gasteiger charge is -2.10. The van der Waals surface area contributed by atoms with E-state index in [9.17, 15) is 18.0 Å². The fourth-order valence-corrected chi connectivity index (χ4v) is 3.89. The van der Waals surface area contributed by atoms with Gasteiger partial charge >= 0.3 is 0 Å². The SMILES string of the molecule is Cc1ccc(NC(=O)c2cc(Oc3ccc(S(C)(=O)=O)cc3)c3cc(C(=O)N(C)C)oc3c2)nc1. The molecule has 0 saturated carbocycles. The predicted molar refractivity (Wildman–Crippen MR) is 131 cm³/mol. The Bertz CT molecular complexity index is 1520. The van der Waals surface area contributed by atoms with E-state index in [1.807, 2.05) is 13.0 Å². The maximum atomic E-state index is 13.0. The van der Waals surface area contributed by atoms with Crippen LogP contribution in [0.3, 0.4) is 0 Å². The number of amides is 2. The highest BCUT2D eigenvalue weighted by atomic mass is 32.2. The first kappa shape index (κ1) is 24.0. The van der Waals surface area contributed by atoms with Gasteiger partial charge in [0.25, 0.3) is 11.8 Å². The molecule has 2 amide bonds. The molecule has 4 rings (SSSR count). The van der Waals surface area contributed by atoms with E-state index >= 15 is 0 Å². The molecule has 0 fully saturated rings. The number of hydrogen-bond acceptors (Lipinski definition) is 7. The van der Waals surface area contributed by atoms with Gasteiger partial charge in [0.15, 0.2) is 15.6 Å². The monoisotopic (exact) mass is 493 g/mol. The number of furan rings is 1. The van der Waals surface area contributed by atoms with Gasteiger partial charge in [-0.15, -0.1) is 0 Å². The van der Waals surface area contributed by atoms with Crippen molar-refractivity contribution in [2.24, 2.45) is 0 Å². The van der Waals surface area contributed by atoms with Gasteiger partial charge in [0, 0.05) is 38.2 Å². The Morgan fingerprint density at radius 3 is 2.34 bits per heavy atom. The molecule has 0 bridgehead atoms. The molecule has 2 heterocycles. The van der Waals surface area contributed by atoms with Gasteiger partial charge in [-0.1, -0.05) is 6.07 Å². The number of carbonyl (C=O) groups excluding carboxylic acids is 2. The first-order valence-electron chi connectivity index (χ1n) is 10.5. The molecule has 2 aromatic carbocycles. The number of anilines is 1. The highest BCUT2D eigenvalue weighted by Crippen LogP contribution is 2.34. The smallest absolute Gasteiger partial charge is 0.289 e. The van der Waals surface area contributed by atoms with Gasteiger partial charge in [0.2, 0.25) is 0 Å². The number of aryl methyl sites for hydroxylation is 1. The maximum Gasteiger partial charge on any atom is 0.289 e. The summed E-state index contributed by atoms with van der Waals surface area (Å²) in [7, 11) is -0.162. The van der Waals surface area contributed by atoms with Crippen LogP contribution in [-0.2, 0) is 9.84 Å². The van der Waals surface area contributed by atoms with Crippen molar-refractivity contribution in [3.63, 3.8) is 0 Å². The highest BCUT2D eigenvalue weighted by molar-refractivity contribution is 7.90. The van der Waals surface area contributed by atoms with Gasteiger partial charge in [-0.25, -0.2) is 13.4 Å². The molecule has 35 heavy (non-hydrogen) atoms. The van der Waals surface area contributed by atoms with Crippen LogP contribution in [0.2, 0.25) is 0 Å². The fourth-order valence-electron chi connectivity index (χ4n) is 3.26. The lowest BCUT2D eigenvalue weighted by atomic mass is 10.1. The van der Waals surface area contributed by atoms with E-state index in [0.29, 0.717) is 17.0 Å². The minimum Gasteiger partial charge on any atom is -0.457 e. The molecule has 0 radical (unpaired) electrons. The van der Waals surface area contributed by atoms with Gasteiger partial charge in [0.05, 0.1) is 10.3 Å². The van der Waals surface area contributed by atoms with Crippen molar-refractivity contribution in [3.05, 3.63) is 77.7 Å². The minimum atomic E-state index is -3.36. The van der Waals surface area contributed by atoms with Gasteiger partial charge in [-0.2, -0.15) is 0 Å². The molecule has 10 heteroatoms. The van der Waals surface area contributed by atoms with Gasteiger partial charge < -0.3 is 19.4 Å². The van der Waals surface area contributed by atoms with Crippen LogP contribution in [0.1, 0.15) is 26.5 Å². The molecule has 1 N–H and O–H groups in total. The lowest BCUT2D eigenvalue weighted by molar-refractivity contribution is 0.0799. The summed E-state index contributed by atoms with van der Waals surface area (Å²) in [5.41, 5.74) is 1.46. The second-order valence-electron chi connectivity index (χ2n) is 8.22. The van der Waals surface area contributed by atoms with Crippen molar-refractivity contribution in [2.75, 3.05) is 25.7 Å². The zero-order valence-corrected chi connectivity index (χ0v) is 20.3. The Kier molecular flexibility index (Phi) is 6.31. The van der Waals surface area contributed by atoms with Crippen molar-refractivity contribution in [3.8, 4) is 11.5 Å². The van der Waals surface area contributed by atoms with Crippen LogP contribution in [0, 0.1) is 6.92 Å². The van der Waals surface area contributed by atoms with E-state index in [0.717, 1.165) is 11.8 Å². The molecule has 180 valence electrons. The molecule has 9 nitrogen and oxygen atoms in total. The average Bonchev–Trinajstić information content (AvgIpc) is 3.24. The second-order valence-corrected chi connectivity index (χ2v) is 10.2. The molecule has 0 saturated heterocycles. The Hall–Kier alpha value is -4.18. The molecule has 0 spiro atoms. The third kappa shape index (κ3) is 5.33. The third-order valence-electron chi connectivity index (χ3n) is 5.11. The molecule has 2 aromatic heterocycles. The Balaban J connectivity index is 1.74. The largest absolute Gasteiger partial charge is 0.457 e. The zero-order chi connectivity index (χ0) is 25.3. The summed E-state index contributed by atoms with van der Waals surface area (Å²) in [6.45, 7) is 1.89. The summed E-state index contributed by atoms with van der Waals surface area (Å²) in [5, 5.41) is 3.20. The Labute approximate surface area is 202 Å². The summed E-state index contributed by atoms with van der Waals surface area (Å²) in [6.07, 6.45) is 2.76. The van der Waals surface area contributed by atoms with Crippen molar-refractivity contribution in [2.45, 2.75) is 11.8 Å². The number of carbonyl (C=O) groups is 2. The number of ether oxygens (including phenoxy) is 1. The van der Waals surface area contributed by atoms with Crippen molar-refractivity contribution in [1.29, 1.82) is 0 Å². The van der Waals surface area contributed by atoms with Crippen LogP contribution in [-0.4, -0.2) is 50.5 Å². The quantitative estimate of drug-likeness (QED) is 0.426. The number of nitrogens with one attached hydrogen (secondary N) is 1. The van der Waals surface area contributed by atoms with Crippen LogP contribution < -0.4 is 10.1 Å². The summed E-state index contributed by atoms with van der Waals surface area (Å²) in [5.74, 6) is 0.274. The molecule has 0 aliphatic rings. The second kappa shape index (κ2) is 9.22. The summed E-state index contributed by atoms with van der Waals surface area (Å²) < 4.78 is 35.2. The van der Waals surface area contributed by atoms with Crippen LogP contribution in [0.5, 0.6) is 11.5 Å². The number of aromatic nitrogens is 1. The van der Waals surface area contributed by atoms with Gasteiger partial charge in [0.1, 0.15) is 22.9 Å². The molecule has 0 aliphatic carbocycles. The number of rotatable bonds is 6. The average molecular weight is 494 g/mol. The van der Waals surface area contributed by atoms with E-state index in [-0.39, 0.29) is 33.5 Å². The highest BCUT2D eigenvalue weighted by Gasteiger charge is 2.20. The third-order valence-corrected chi connectivity index (χ3v) is 6.24. The number of pyridine rings is 1. The molecular weight excluding hydrogens is 470 g/mol. The summed E-state index contributed by atoms with van der Waals surface area (Å²) in [6, 6.07) is 14.0. The topological polar surface area (TPSA) is 119 Å². The Morgan fingerprint density at radius 2 is 1.74 bits per heavy atom. The van der Waals surface area contributed by atoms with E-state index in [1.165, 1.54) is 41.3 Å². The maximum absolute atomic E-state index is 13.0. The number of hydrogen-bond donors (Lipinski definition) is 1. The first-order valence-corrected chi connectivity index (χ1v) is 12.4. The summed E-state index contributed by atoms with van der Waals surface area (Å²) in [4.78, 5) is 31.1. The Morgan fingerprint density at radius 1 is 1.03 bits per heavy atom. The van der Waals surface area contributed by atoms with Crippen molar-refractivity contribution in [1.82, 2.24) is 9.88 Å². The number of sulfone groups is 1. The molecular formula is C25H23N3O6S. The van der Waals surface area contributed by atoms with Crippen LogP contribution in [0.15, 0.2) is 70.1 Å². The molecule has 0 atom stereocenters. The number of nitrogens with zero attached hydrogens (tertiary/aromatic N) is 2. The molecule has 0 aliphatic heterocycles. The number of fused-ring (bicyclic) bond motifs is 1. The van der Waals surface area contributed by atoms with Crippen molar-refractivity contribution >= 4 is 38.4 Å².